The molecule has 0 radical (unpaired) electrons. The number of carboxylic acids is 1. The zero-order valence-corrected chi connectivity index (χ0v) is 11.8. The molecule has 2 saturated carbocycles. The quantitative estimate of drug-likeness (QED) is 0.750. The first-order chi connectivity index (χ1) is 8.92. The molecule has 1 spiro atoms. The van der Waals surface area contributed by atoms with Crippen LogP contribution in [0.4, 0.5) is 0 Å². The third kappa shape index (κ3) is 2.29. The average Bonchev–Trinajstić information content (AvgIpc) is 2.78. The second-order valence-corrected chi connectivity index (χ2v) is 8.75. The van der Waals surface area contributed by atoms with Crippen LogP contribution in [-0.2, 0) is 14.6 Å². The van der Waals surface area contributed by atoms with E-state index in [9.17, 15) is 13.2 Å². The van der Waals surface area contributed by atoms with Crippen molar-refractivity contribution in [3.05, 3.63) is 0 Å². The Bertz CT molecular complexity index is 481. The Morgan fingerprint density at radius 1 is 1.21 bits per heavy atom. The summed E-state index contributed by atoms with van der Waals surface area (Å²) in [7, 11) is -3.28. The maximum atomic E-state index is 12.4. The largest absolute Gasteiger partial charge is 0.480 e. The van der Waals surface area contributed by atoms with E-state index < -0.39 is 21.8 Å². The van der Waals surface area contributed by atoms with Crippen molar-refractivity contribution in [2.45, 2.75) is 62.3 Å². The number of hydrogen-bond acceptors (Lipinski definition) is 4. The van der Waals surface area contributed by atoms with Gasteiger partial charge in [0.15, 0.2) is 9.84 Å². The van der Waals surface area contributed by atoms with Crippen molar-refractivity contribution in [3.63, 3.8) is 0 Å². The van der Waals surface area contributed by atoms with E-state index >= 15 is 0 Å². The second-order valence-electron chi connectivity index (χ2n) is 6.48. The molecular formula is C13H21NO4S. The lowest BCUT2D eigenvalue weighted by Gasteiger charge is -2.46. The van der Waals surface area contributed by atoms with Crippen LogP contribution in [0.1, 0.15) is 44.9 Å². The molecule has 6 heteroatoms. The molecule has 1 saturated heterocycles. The van der Waals surface area contributed by atoms with Crippen LogP contribution >= 0.6 is 0 Å². The maximum absolute atomic E-state index is 12.4. The fraction of sp³-hybridized carbons (Fsp3) is 0.923. The molecule has 0 aromatic rings. The molecule has 108 valence electrons. The van der Waals surface area contributed by atoms with E-state index in [0.29, 0.717) is 0 Å². The van der Waals surface area contributed by atoms with Crippen LogP contribution in [0, 0.1) is 5.41 Å². The number of carbonyl (C=O) groups is 1. The van der Waals surface area contributed by atoms with Crippen molar-refractivity contribution >= 4 is 15.8 Å². The maximum Gasteiger partial charge on any atom is 0.321 e. The van der Waals surface area contributed by atoms with E-state index in [4.69, 9.17) is 5.11 Å². The highest BCUT2D eigenvalue weighted by molar-refractivity contribution is 7.92. The molecule has 2 aliphatic carbocycles. The normalized spacial score (nSPS) is 39.9. The van der Waals surface area contributed by atoms with Crippen LogP contribution in [-0.4, -0.2) is 42.6 Å². The molecule has 3 atom stereocenters. The predicted molar refractivity (Wildman–Crippen MR) is 70.7 cm³/mol. The molecule has 3 unspecified atom stereocenters. The predicted octanol–water partition coefficient (Wildman–Crippen LogP) is 0.939. The third-order valence-electron chi connectivity index (χ3n) is 5.31. The lowest BCUT2D eigenvalue weighted by molar-refractivity contribution is -0.139. The van der Waals surface area contributed by atoms with Gasteiger partial charge in [0.25, 0.3) is 0 Å². The van der Waals surface area contributed by atoms with Gasteiger partial charge >= 0.3 is 5.97 Å². The summed E-state index contributed by atoms with van der Waals surface area (Å²) < 4.78 is 24.7. The molecule has 0 bridgehead atoms. The molecule has 1 aliphatic heterocycles. The Balaban J connectivity index is 1.83. The van der Waals surface area contributed by atoms with Gasteiger partial charge in [-0.15, -0.1) is 0 Å². The highest BCUT2D eigenvalue weighted by Gasteiger charge is 2.51. The molecule has 19 heavy (non-hydrogen) atoms. The molecule has 1 heterocycles. The first-order valence-corrected chi connectivity index (χ1v) is 8.84. The topological polar surface area (TPSA) is 83.5 Å². The molecule has 2 N–H and O–H groups in total. The minimum atomic E-state index is -3.28. The van der Waals surface area contributed by atoms with Gasteiger partial charge in [-0.2, -0.15) is 0 Å². The summed E-state index contributed by atoms with van der Waals surface area (Å²) >= 11 is 0. The molecule has 0 aromatic carbocycles. The molecule has 3 fully saturated rings. The number of aliphatic carboxylic acids is 1. The zero-order valence-electron chi connectivity index (χ0n) is 11.0. The van der Waals surface area contributed by atoms with E-state index in [1.54, 1.807) is 0 Å². The number of rotatable bonds is 1. The molecule has 0 aromatic heterocycles. The average molecular weight is 287 g/mol. The van der Waals surface area contributed by atoms with E-state index in [1.807, 2.05) is 0 Å². The summed E-state index contributed by atoms with van der Waals surface area (Å²) in [5.74, 6) is -1.30. The van der Waals surface area contributed by atoms with Gasteiger partial charge in [-0.05, 0) is 37.5 Å². The second kappa shape index (κ2) is 4.45. The first-order valence-electron chi connectivity index (χ1n) is 7.12. The van der Waals surface area contributed by atoms with Crippen LogP contribution in [0.15, 0.2) is 0 Å². The van der Waals surface area contributed by atoms with Crippen molar-refractivity contribution in [2.75, 3.05) is 5.75 Å². The lowest BCUT2D eigenvalue weighted by atomic mass is 9.71. The highest BCUT2D eigenvalue weighted by atomic mass is 32.2. The van der Waals surface area contributed by atoms with Crippen molar-refractivity contribution in [1.29, 1.82) is 0 Å². The van der Waals surface area contributed by atoms with E-state index in [1.165, 1.54) is 12.8 Å². The number of sulfone groups is 1. The van der Waals surface area contributed by atoms with Crippen molar-refractivity contribution in [2.24, 2.45) is 5.41 Å². The first kappa shape index (κ1) is 13.4. The summed E-state index contributed by atoms with van der Waals surface area (Å²) in [5.41, 5.74) is 0.228. The van der Waals surface area contributed by atoms with Gasteiger partial charge in [0.1, 0.15) is 6.04 Å². The van der Waals surface area contributed by atoms with Crippen molar-refractivity contribution in [1.82, 2.24) is 5.32 Å². The number of carboxylic acid groups (broad SMARTS) is 1. The van der Waals surface area contributed by atoms with Gasteiger partial charge in [0.2, 0.25) is 0 Å². The number of hydrogen-bond donors (Lipinski definition) is 2. The van der Waals surface area contributed by atoms with Gasteiger partial charge < -0.3 is 5.11 Å². The number of nitrogens with one attached hydrogen (secondary N) is 1. The lowest BCUT2D eigenvalue weighted by Crippen LogP contribution is -2.62. The van der Waals surface area contributed by atoms with Crippen LogP contribution < -0.4 is 5.32 Å². The summed E-state index contributed by atoms with van der Waals surface area (Å²) in [5, 5.41) is 11.7. The van der Waals surface area contributed by atoms with E-state index in [-0.39, 0.29) is 22.5 Å². The fourth-order valence-corrected chi connectivity index (χ4v) is 6.54. The van der Waals surface area contributed by atoms with E-state index in [0.717, 1.165) is 32.1 Å². The van der Waals surface area contributed by atoms with Gasteiger partial charge in [0.05, 0.1) is 11.0 Å². The zero-order chi connectivity index (χ0) is 13.7. The van der Waals surface area contributed by atoms with Crippen LogP contribution in [0.25, 0.3) is 0 Å². The van der Waals surface area contributed by atoms with E-state index in [2.05, 4.69) is 5.32 Å². The number of fused-ring (bicyclic) bond motifs is 1. The molecule has 0 amide bonds. The van der Waals surface area contributed by atoms with Gasteiger partial charge in [-0.25, -0.2) is 8.42 Å². The Labute approximate surface area is 113 Å². The highest BCUT2D eigenvalue weighted by Crippen LogP contribution is 2.50. The summed E-state index contributed by atoms with van der Waals surface area (Å²) in [6.45, 7) is 0. The smallest absolute Gasteiger partial charge is 0.321 e. The third-order valence-corrected chi connectivity index (χ3v) is 7.52. The minimum Gasteiger partial charge on any atom is -0.480 e. The van der Waals surface area contributed by atoms with Crippen molar-refractivity contribution in [3.8, 4) is 0 Å². The van der Waals surface area contributed by atoms with Crippen molar-refractivity contribution < 1.29 is 18.3 Å². The SMILES string of the molecule is O=C(O)C1CS(=O)(=O)C2CC3(CCCC3)CCC2N1. The van der Waals surface area contributed by atoms with Gasteiger partial charge in [-0.1, -0.05) is 12.8 Å². The Morgan fingerprint density at radius 3 is 2.53 bits per heavy atom. The summed E-state index contributed by atoms with van der Waals surface area (Å²) in [4.78, 5) is 11.0. The summed E-state index contributed by atoms with van der Waals surface area (Å²) in [6, 6.07) is -1.09. The minimum absolute atomic E-state index is 0.161. The Morgan fingerprint density at radius 2 is 1.89 bits per heavy atom. The Hall–Kier alpha value is -0.620. The standard InChI is InChI=1S/C13H21NO4S/c15-12(16)10-8-19(17,18)11-7-13(4-1-2-5-13)6-3-9(11)14-10/h9-11,14H,1-8H2,(H,15,16). The van der Waals surface area contributed by atoms with Crippen LogP contribution in [0.3, 0.4) is 0 Å². The molecule has 3 rings (SSSR count). The van der Waals surface area contributed by atoms with Crippen LogP contribution in [0.2, 0.25) is 0 Å². The van der Waals surface area contributed by atoms with Crippen LogP contribution in [0.5, 0.6) is 0 Å². The summed E-state index contributed by atoms with van der Waals surface area (Å²) in [6.07, 6.45) is 7.30. The molecular weight excluding hydrogens is 266 g/mol. The Kier molecular flexibility index (Phi) is 3.13. The monoisotopic (exact) mass is 287 g/mol. The van der Waals surface area contributed by atoms with Gasteiger partial charge in [-0.3, -0.25) is 10.1 Å². The van der Waals surface area contributed by atoms with Gasteiger partial charge in [0, 0.05) is 6.04 Å². The molecule has 3 aliphatic rings. The fourth-order valence-electron chi connectivity index (χ4n) is 4.27. The molecule has 5 nitrogen and oxygen atoms in total.